The zero-order chi connectivity index (χ0) is 13.0. The van der Waals surface area contributed by atoms with Gasteiger partial charge in [-0.2, -0.15) is 0 Å². The summed E-state index contributed by atoms with van der Waals surface area (Å²) < 4.78 is 0. The van der Waals surface area contributed by atoms with Gasteiger partial charge in [-0.3, -0.25) is 4.79 Å². The first kappa shape index (κ1) is 12.8. The summed E-state index contributed by atoms with van der Waals surface area (Å²) in [6.45, 7) is 1.93. The van der Waals surface area contributed by atoms with Crippen LogP contribution < -0.4 is 0 Å². The molecule has 2 aromatic rings. The van der Waals surface area contributed by atoms with Gasteiger partial charge in [0.15, 0.2) is 0 Å². The number of carboxylic acid groups (broad SMARTS) is 1. The molecule has 1 atom stereocenters. The monoisotopic (exact) mass is 261 g/mol. The maximum Gasteiger partial charge on any atom is 0.307 e. The second-order valence-corrected chi connectivity index (χ2v) is 5.59. The molecule has 1 aromatic carbocycles. The number of carboxylic acids is 1. The van der Waals surface area contributed by atoms with E-state index in [1.807, 2.05) is 37.3 Å². The number of hydrogen-bond acceptors (Lipinski definition) is 3. The Balaban J connectivity index is 2.07. The normalized spacial score (nSPS) is 12.3. The highest BCUT2D eigenvalue weighted by Gasteiger charge is 2.19. The summed E-state index contributed by atoms with van der Waals surface area (Å²) in [7, 11) is 0. The van der Waals surface area contributed by atoms with Crippen LogP contribution >= 0.6 is 11.3 Å². The summed E-state index contributed by atoms with van der Waals surface area (Å²) in [4.78, 5) is 16.5. The van der Waals surface area contributed by atoms with E-state index in [2.05, 4.69) is 4.98 Å². The molecular weight excluding hydrogens is 246 g/mol. The first-order chi connectivity index (χ1) is 8.65. The van der Waals surface area contributed by atoms with E-state index in [0.717, 1.165) is 15.4 Å². The van der Waals surface area contributed by atoms with Gasteiger partial charge in [-0.1, -0.05) is 30.3 Å². The van der Waals surface area contributed by atoms with Crippen LogP contribution in [0.3, 0.4) is 0 Å². The minimum atomic E-state index is -0.745. The van der Waals surface area contributed by atoms with Crippen LogP contribution in [0.2, 0.25) is 0 Å². The van der Waals surface area contributed by atoms with Crippen LogP contribution in [0.1, 0.15) is 15.4 Å². The molecule has 3 nitrogen and oxygen atoms in total. The van der Waals surface area contributed by atoms with Gasteiger partial charge >= 0.3 is 5.97 Å². The SMILES string of the molecule is Cc1ncc(CC(Cc2ccccc2)C(=O)O)s1. The maximum atomic E-state index is 11.3. The van der Waals surface area contributed by atoms with Gasteiger partial charge in [0.1, 0.15) is 0 Å². The molecule has 0 aliphatic carbocycles. The highest BCUT2D eigenvalue weighted by molar-refractivity contribution is 7.11. The van der Waals surface area contributed by atoms with Gasteiger partial charge in [0, 0.05) is 11.1 Å². The summed E-state index contributed by atoms with van der Waals surface area (Å²) in [5.74, 6) is -1.13. The molecule has 0 aliphatic heterocycles. The first-order valence-corrected chi connectivity index (χ1v) is 6.65. The van der Waals surface area contributed by atoms with E-state index in [1.54, 1.807) is 17.5 Å². The summed E-state index contributed by atoms with van der Waals surface area (Å²) in [6, 6.07) is 9.74. The van der Waals surface area contributed by atoms with Crippen LogP contribution in [0.15, 0.2) is 36.5 Å². The van der Waals surface area contributed by atoms with E-state index in [-0.39, 0.29) is 5.92 Å². The number of thiazole rings is 1. The Bertz CT molecular complexity index is 522. The van der Waals surface area contributed by atoms with Crippen molar-refractivity contribution in [3.8, 4) is 0 Å². The molecule has 1 N–H and O–H groups in total. The zero-order valence-corrected chi connectivity index (χ0v) is 11.0. The molecule has 0 radical (unpaired) electrons. The average Bonchev–Trinajstić information content (AvgIpc) is 2.75. The predicted octanol–water partition coefficient (Wildman–Crippen LogP) is 2.94. The molecular formula is C14H15NO2S. The van der Waals surface area contributed by atoms with Crippen molar-refractivity contribution in [1.82, 2.24) is 4.98 Å². The number of aliphatic carboxylic acids is 1. The Kier molecular flexibility index (Phi) is 4.10. The second-order valence-electron chi connectivity index (χ2n) is 4.27. The number of carbonyl (C=O) groups is 1. The fourth-order valence-corrected chi connectivity index (χ4v) is 2.76. The minimum absolute atomic E-state index is 0.382. The van der Waals surface area contributed by atoms with Crippen molar-refractivity contribution < 1.29 is 9.90 Å². The van der Waals surface area contributed by atoms with E-state index < -0.39 is 5.97 Å². The van der Waals surface area contributed by atoms with Crippen LogP contribution in [0, 0.1) is 12.8 Å². The molecule has 18 heavy (non-hydrogen) atoms. The van der Waals surface area contributed by atoms with E-state index in [4.69, 9.17) is 0 Å². The van der Waals surface area contributed by atoms with Gasteiger partial charge in [0.25, 0.3) is 0 Å². The van der Waals surface area contributed by atoms with Crippen molar-refractivity contribution in [1.29, 1.82) is 0 Å². The van der Waals surface area contributed by atoms with E-state index >= 15 is 0 Å². The first-order valence-electron chi connectivity index (χ1n) is 5.83. The Morgan fingerprint density at radius 2 is 2.06 bits per heavy atom. The van der Waals surface area contributed by atoms with Crippen LogP contribution in [0.4, 0.5) is 0 Å². The van der Waals surface area contributed by atoms with Crippen LogP contribution in [0.25, 0.3) is 0 Å². The van der Waals surface area contributed by atoms with E-state index in [9.17, 15) is 9.90 Å². The van der Waals surface area contributed by atoms with Crippen LogP contribution in [0.5, 0.6) is 0 Å². The standard InChI is InChI=1S/C14H15NO2S/c1-10-15-9-13(18-10)8-12(14(16)17)7-11-5-3-2-4-6-11/h2-6,9,12H,7-8H2,1H3,(H,16,17). The topological polar surface area (TPSA) is 50.2 Å². The molecule has 1 unspecified atom stereocenters. The highest BCUT2D eigenvalue weighted by Crippen LogP contribution is 2.19. The predicted molar refractivity (Wildman–Crippen MR) is 71.8 cm³/mol. The summed E-state index contributed by atoms with van der Waals surface area (Å²) >= 11 is 1.57. The number of aromatic nitrogens is 1. The molecule has 4 heteroatoms. The minimum Gasteiger partial charge on any atom is -0.481 e. The van der Waals surface area contributed by atoms with Gasteiger partial charge in [-0.25, -0.2) is 4.98 Å². The number of aryl methyl sites for hydroxylation is 1. The third-order valence-corrected chi connectivity index (χ3v) is 3.73. The number of rotatable bonds is 5. The van der Waals surface area contributed by atoms with Crippen LogP contribution in [-0.4, -0.2) is 16.1 Å². The lowest BCUT2D eigenvalue weighted by Gasteiger charge is -2.10. The van der Waals surface area contributed by atoms with Gasteiger partial charge < -0.3 is 5.11 Å². The second kappa shape index (κ2) is 5.78. The lowest BCUT2D eigenvalue weighted by Crippen LogP contribution is -2.18. The lowest BCUT2D eigenvalue weighted by atomic mass is 9.96. The zero-order valence-electron chi connectivity index (χ0n) is 10.2. The molecule has 1 aromatic heterocycles. The van der Waals surface area contributed by atoms with Crippen molar-refractivity contribution in [2.75, 3.05) is 0 Å². The van der Waals surface area contributed by atoms with Gasteiger partial charge in [0.05, 0.1) is 10.9 Å². The summed E-state index contributed by atoms with van der Waals surface area (Å²) in [5.41, 5.74) is 1.06. The molecule has 94 valence electrons. The number of benzene rings is 1. The van der Waals surface area contributed by atoms with E-state index in [0.29, 0.717) is 12.8 Å². The Labute approximate surface area is 110 Å². The maximum absolute atomic E-state index is 11.3. The van der Waals surface area contributed by atoms with Crippen molar-refractivity contribution in [3.05, 3.63) is 52.0 Å². The summed E-state index contributed by atoms with van der Waals surface area (Å²) in [6.07, 6.45) is 2.89. The third kappa shape index (κ3) is 3.40. The molecule has 0 saturated heterocycles. The fraction of sp³-hybridized carbons (Fsp3) is 0.286. The fourth-order valence-electron chi connectivity index (χ4n) is 1.89. The molecule has 0 bridgehead atoms. The number of nitrogens with zero attached hydrogens (tertiary/aromatic N) is 1. The van der Waals surface area contributed by atoms with Crippen molar-refractivity contribution >= 4 is 17.3 Å². The Morgan fingerprint density at radius 1 is 1.33 bits per heavy atom. The highest BCUT2D eigenvalue weighted by atomic mass is 32.1. The largest absolute Gasteiger partial charge is 0.481 e. The molecule has 0 fully saturated rings. The molecule has 0 saturated carbocycles. The van der Waals surface area contributed by atoms with E-state index in [1.165, 1.54) is 0 Å². The Hall–Kier alpha value is -1.68. The summed E-state index contributed by atoms with van der Waals surface area (Å²) in [5, 5.41) is 10.3. The lowest BCUT2D eigenvalue weighted by molar-refractivity contribution is -0.141. The van der Waals surface area contributed by atoms with Gasteiger partial charge in [-0.05, 0) is 25.3 Å². The van der Waals surface area contributed by atoms with Crippen LogP contribution in [-0.2, 0) is 17.6 Å². The van der Waals surface area contributed by atoms with Gasteiger partial charge in [-0.15, -0.1) is 11.3 Å². The third-order valence-electron chi connectivity index (χ3n) is 2.79. The smallest absolute Gasteiger partial charge is 0.307 e. The van der Waals surface area contributed by atoms with Crippen molar-refractivity contribution in [2.24, 2.45) is 5.92 Å². The van der Waals surface area contributed by atoms with Crippen molar-refractivity contribution in [2.45, 2.75) is 19.8 Å². The molecule has 0 amide bonds. The molecule has 1 heterocycles. The Morgan fingerprint density at radius 3 is 2.61 bits per heavy atom. The molecule has 2 rings (SSSR count). The number of hydrogen-bond donors (Lipinski definition) is 1. The van der Waals surface area contributed by atoms with Gasteiger partial charge in [0.2, 0.25) is 0 Å². The molecule has 0 spiro atoms. The quantitative estimate of drug-likeness (QED) is 0.900. The average molecular weight is 261 g/mol. The van der Waals surface area contributed by atoms with Crippen molar-refractivity contribution in [3.63, 3.8) is 0 Å². The molecule has 0 aliphatic rings.